The third-order valence-electron chi connectivity index (χ3n) is 5.79. The van der Waals surface area contributed by atoms with Gasteiger partial charge in [-0.3, -0.25) is 14.5 Å². The van der Waals surface area contributed by atoms with Crippen molar-refractivity contribution >= 4 is 34.8 Å². The highest BCUT2D eigenvalue weighted by Crippen LogP contribution is 2.36. The van der Waals surface area contributed by atoms with Crippen molar-refractivity contribution in [3.05, 3.63) is 80.6 Å². The number of nitrogens with zero attached hydrogens (tertiary/aromatic N) is 6. The molecule has 0 aliphatic carbocycles. The number of hydrogen-bond acceptors (Lipinski definition) is 7. The molecule has 1 amide bonds. The van der Waals surface area contributed by atoms with Crippen LogP contribution in [0.25, 0.3) is 11.4 Å². The molecule has 0 unspecified atom stereocenters. The number of carbonyl (C=O) groups is 1. The summed E-state index contributed by atoms with van der Waals surface area (Å²) in [4.78, 5) is 40.2. The van der Waals surface area contributed by atoms with E-state index < -0.39 is 0 Å². The van der Waals surface area contributed by atoms with E-state index in [1.807, 2.05) is 48.7 Å². The number of imidazole rings is 1. The number of pyridine rings is 1. The van der Waals surface area contributed by atoms with Crippen molar-refractivity contribution in [3.63, 3.8) is 0 Å². The third-order valence-corrected chi connectivity index (χ3v) is 6.24. The number of rotatable bonds is 5. The van der Waals surface area contributed by atoms with Crippen molar-refractivity contribution in [2.75, 3.05) is 19.1 Å². The minimum Gasteiger partial charge on any atom is -0.480 e. The quantitative estimate of drug-likeness (QED) is 0.303. The monoisotopic (exact) mass is 582 g/mol. The molecule has 0 atom stereocenters. The average molecular weight is 583 g/mol. The van der Waals surface area contributed by atoms with Crippen molar-refractivity contribution in [1.29, 1.82) is 0 Å². The molecule has 3 aromatic heterocycles. The summed E-state index contributed by atoms with van der Waals surface area (Å²) in [6.07, 6.45) is 11.1. The molecule has 0 saturated heterocycles. The molecule has 12 heteroatoms. The van der Waals surface area contributed by atoms with Crippen molar-refractivity contribution in [2.24, 2.45) is 7.05 Å². The minimum atomic E-state index is -0.372. The van der Waals surface area contributed by atoms with Crippen LogP contribution in [0.1, 0.15) is 36.1 Å². The highest BCUT2D eigenvalue weighted by atomic mass is 35.5. The maximum Gasteiger partial charge on any atom is 0.319 e. The van der Waals surface area contributed by atoms with Crippen LogP contribution < -0.4 is 19.9 Å². The van der Waals surface area contributed by atoms with Crippen molar-refractivity contribution in [2.45, 2.75) is 26.4 Å². The van der Waals surface area contributed by atoms with Gasteiger partial charge in [-0.2, -0.15) is 4.98 Å². The van der Waals surface area contributed by atoms with Crippen molar-refractivity contribution in [1.82, 2.24) is 24.1 Å². The minimum absolute atomic E-state index is 0.0343. The van der Waals surface area contributed by atoms with Gasteiger partial charge in [-0.05, 0) is 32.0 Å². The van der Waals surface area contributed by atoms with Crippen LogP contribution in [-0.4, -0.2) is 44.2 Å². The fourth-order valence-corrected chi connectivity index (χ4v) is 4.49. The molecule has 40 heavy (non-hydrogen) atoms. The number of hydrogen-bond donors (Lipinski definition) is 0. The number of anilines is 1. The number of carbonyl (C=O) groups excluding carboxylic acids is 1. The molecule has 1 aromatic carbocycles. The normalized spacial score (nSPS) is 11.8. The van der Waals surface area contributed by atoms with Crippen LogP contribution in [0.4, 0.5) is 5.69 Å². The van der Waals surface area contributed by atoms with Gasteiger partial charge in [0, 0.05) is 30.5 Å². The Morgan fingerprint density at radius 2 is 1.68 bits per heavy atom. The Morgan fingerprint density at radius 1 is 1.00 bits per heavy atom. The topological polar surface area (TPSA) is 104 Å². The highest BCUT2D eigenvalue weighted by molar-refractivity contribution is 6.31. The van der Waals surface area contributed by atoms with Gasteiger partial charge in [-0.15, -0.1) is 12.8 Å². The second kappa shape index (κ2) is 13.2. The Kier molecular flexibility index (Phi) is 9.93. The predicted molar refractivity (Wildman–Crippen MR) is 155 cm³/mol. The van der Waals surface area contributed by atoms with Gasteiger partial charge < -0.3 is 18.6 Å². The van der Waals surface area contributed by atoms with Crippen molar-refractivity contribution in [3.8, 4) is 36.1 Å². The Labute approximate surface area is 242 Å². The number of ether oxygens (including phenoxy) is 2. The second-order valence-corrected chi connectivity index (χ2v) is 9.49. The summed E-state index contributed by atoms with van der Waals surface area (Å²) in [6.45, 7) is 4.15. The van der Waals surface area contributed by atoms with Gasteiger partial charge in [0.25, 0.3) is 11.5 Å². The maximum absolute atomic E-state index is 13.2. The number of aromatic nitrogens is 5. The van der Waals surface area contributed by atoms with Gasteiger partial charge in [0.15, 0.2) is 5.69 Å². The fraction of sp³-hybridized carbons (Fsp3) is 0.250. The van der Waals surface area contributed by atoms with E-state index in [2.05, 4.69) is 27.8 Å². The first kappa shape index (κ1) is 30.2. The molecule has 5 rings (SSSR count). The molecule has 4 aromatic rings. The first-order chi connectivity index (χ1) is 19.2. The van der Waals surface area contributed by atoms with E-state index >= 15 is 0 Å². The van der Waals surface area contributed by atoms with Gasteiger partial charge in [0.1, 0.15) is 11.5 Å². The summed E-state index contributed by atoms with van der Waals surface area (Å²) in [5.74, 6) is 0.417. The summed E-state index contributed by atoms with van der Waals surface area (Å²) in [5.41, 5.74) is 1.38. The molecule has 0 radical (unpaired) electrons. The summed E-state index contributed by atoms with van der Waals surface area (Å²) >= 11 is 11.7. The van der Waals surface area contributed by atoms with E-state index in [0.29, 0.717) is 22.1 Å². The van der Waals surface area contributed by atoms with Crippen LogP contribution in [-0.2, 0) is 13.6 Å². The molecule has 10 nitrogen and oxygen atoms in total. The molecule has 208 valence electrons. The smallest absolute Gasteiger partial charge is 0.319 e. The standard InChI is InChI=1S/C20H21ClN6O4.C6H5Cl.C2H2/c1-10(2)27-14-9-26(13-6-11(21)8-25(3)18(13)28)19(29)15(14)23-16(27)12-7-22-20(31-5)24-17(12)30-4;7-6-4-2-1-3-5-6;1-2/h6-8,10H,9H2,1-5H3;1-5H;1-2H. The molecule has 0 N–H and O–H groups in total. The van der Waals surface area contributed by atoms with E-state index in [1.54, 1.807) is 13.2 Å². The zero-order valence-corrected chi connectivity index (χ0v) is 24.1. The number of fused-ring (bicyclic) bond motifs is 1. The van der Waals surface area contributed by atoms with Gasteiger partial charge in [0.05, 0.1) is 37.0 Å². The molecule has 0 spiro atoms. The number of terminal acetylenes is 1. The van der Waals surface area contributed by atoms with Gasteiger partial charge in [0.2, 0.25) is 5.88 Å². The number of halogens is 2. The van der Waals surface area contributed by atoms with Crippen LogP contribution in [0.5, 0.6) is 11.9 Å². The number of methoxy groups -OCH3 is 2. The zero-order valence-electron chi connectivity index (χ0n) is 22.6. The Balaban J connectivity index is 0.000000422. The maximum atomic E-state index is 13.2. The van der Waals surface area contributed by atoms with E-state index in [1.165, 1.54) is 35.9 Å². The van der Waals surface area contributed by atoms with E-state index in [0.717, 1.165) is 5.02 Å². The van der Waals surface area contributed by atoms with Crippen molar-refractivity contribution < 1.29 is 14.3 Å². The SMILES string of the molecule is C#C.COc1ncc(-c2nc3c(n2C(C)C)CN(c2cc(Cl)cn(C)c2=O)C3=O)c(OC)n1.Clc1ccccc1. The molecular weight excluding hydrogens is 555 g/mol. The molecule has 1 aliphatic rings. The first-order valence-corrected chi connectivity index (χ1v) is 12.7. The lowest BCUT2D eigenvalue weighted by Crippen LogP contribution is -2.32. The predicted octanol–water partition coefficient (Wildman–Crippen LogP) is 5.04. The highest BCUT2D eigenvalue weighted by Gasteiger charge is 2.38. The Bertz CT molecular complexity index is 1580. The molecule has 0 bridgehead atoms. The lowest BCUT2D eigenvalue weighted by Gasteiger charge is -2.20. The van der Waals surface area contributed by atoms with Crippen LogP contribution >= 0.6 is 23.2 Å². The molecule has 4 heterocycles. The molecule has 0 saturated carbocycles. The van der Waals surface area contributed by atoms with E-state index in [-0.39, 0.29) is 47.3 Å². The zero-order chi connectivity index (χ0) is 29.6. The fourth-order valence-electron chi connectivity index (χ4n) is 4.10. The van der Waals surface area contributed by atoms with Crippen LogP contribution in [0.3, 0.4) is 0 Å². The lowest BCUT2D eigenvalue weighted by atomic mass is 10.2. The molecular formula is C28H28Cl2N6O4. The first-order valence-electron chi connectivity index (χ1n) is 11.9. The van der Waals surface area contributed by atoms with Crippen LogP contribution in [0.2, 0.25) is 10.0 Å². The Hall–Kier alpha value is -4.33. The summed E-state index contributed by atoms with van der Waals surface area (Å²) < 4.78 is 13.7. The van der Waals surface area contributed by atoms with Crippen LogP contribution in [0.15, 0.2) is 53.6 Å². The van der Waals surface area contributed by atoms with E-state index in [9.17, 15) is 9.59 Å². The third kappa shape index (κ3) is 6.11. The van der Waals surface area contributed by atoms with Gasteiger partial charge in [-0.25, -0.2) is 9.97 Å². The van der Waals surface area contributed by atoms with Gasteiger partial charge in [-0.1, -0.05) is 41.4 Å². The number of benzene rings is 1. The van der Waals surface area contributed by atoms with E-state index in [4.69, 9.17) is 32.7 Å². The second-order valence-electron chi connectivity index (χ2n) is 8.62. The summed E-state index contributed by atoms with van der Waals surface area (Å²) in [6, 6.07) is 11.1. The number of aryl methyl sites for hydroxylation is 1. The molecule has 0 fully saturated rings. The molecule has 1 aliphatic heterocycles. The largest absolute Gasteiger partial charge is 0.480 e. The number of amides is 1. The summed E-state index contributed by atoms with van der Waals surface area (Å²) in [5, 5.41) is 1.16. The van der Waals surface area contributed by atoms with Gasteiger partial charge >= 0.3 is 6.01 Å². The van der Waals surface area contributed by atoms with Crippen LogP contribution in [0, 0.1) is 12.8 Å². The average Bonchev–Trinajstić information content (AvgIpc) is 3.48. The Morgan fingerprint density at radius 3 is 2.23 bits per heavy atom. The lowest BCUT2D eigenvalue weighted by molar-refractivity contribution is 0.0992. The summed E-state index contributed by atoms with van der Waals surface area (Å²) in [7, 11) is 4.54.